The molecule has 5 heteroatoms. The Morgan fingerprint density at radius 3 is 2.85 bits per heavy atom. The Morgan fingerprint density at radius 1 is 1.25 bits per heavy atom. The highest BCUT2D eigenvalue weighted by molar-refractivity contribution is 6.33. The summed E-state index contributed by atoms with van der Waals surface area (Å²) >= 11 is 6.17. The number of rotatable bonds is 3. The van der Waals surface area contributed by atoms with Crippen LogP contribution < -0.4 is 5.73 Å². The molecule has 1 aliphatic carbocycles. The molecule has 1 heterocycles. The molecule has 2 unspecified atom stereocenters. The lowest BCUT2D eigenvalue weighted by atomic mass is 9.79. The van der Waals surface area contributed by atoms with Crippen molar-refractivity contribution in [2.24, 2.45) is 11.7 Å². The van der Waals surface area contributed by atoms with E-state index in [4.69, 9.17) is 21.9 Å². The van der Waals surface area contributed by atoms with Crippen molar-refractivity contribution in [2.75, 3.05) is 6.54 Å². The maximum absolute atomic E-state index is 6.17. The van der Waals surface area contributed by atoms with E-state index in [1.165, 1.54) is 12.8 Å². The molecule has 0 spiro atoms. The molecule has 1 aliphatic rings. The summed E-state index contributed by atoms with van der Waals surface area (Å²) in [5, 5.41) is 4.72. The van der Waals surface area contributed by atoms with Crippen LogP contribution in [0.4, 0.5) is 0 Å². The van der Waals surface area contributed by atoms with Gasteiger partial charge >= 0.3 is 0 Å². The van der Waals surface area contributed by atoms with E-state index in [-0.39, 0.29) is 5.92 Å². The van der Waals surface area contributed by atoms with Gasteiger partial charge in [0.15, 0.2) is 0 Å². The quantitative estimate of drug-likeness (QED) is 0.938. The Bertz CT molecular complexity index is 584. The zero-order valence-electron chi connectivity index (χ0n) is 11.3. The molecule has 4 nitrogen and oxygen atoms in total. The number of aromatic nitrogens is 2. The molecule has 2 aromatic rings. The number of hydrogen-bond acceptors (Lipinski definition) is 4. The van der Waals surface area contributed by atoms with Gasteiger partial charge < -0.3 is 10.3 Å². The summed E-state index contributed by atoms with van der Waals surface area (Å²) in [6, 6.07) is 7.54. The average Bonchev–Trinajstić information content (AvgIpc) is 2.97. The summed E-state index contributed by atoms with van der Waals surface area (Å²) in [5.74, 6) is 2.00. The molecule has 0 saturated heterocycles. The lowest BCUT2D eigenvalue weighted by molar-refractivity contribution is 0.249. The number of benzene rings is 1. The normalized spacial score (nSPS) is 22.9. The van der Waals surface area contributed by atoms with Gasteiger partial charge in [0.1, 0.15) is 0 Å². The van der Waals surface area contributed by atoms with Crippen LogP contribution in [0.3, 0.4) is 0 Å². The summed E-state index contributed by atoms with van der Waals surface area (Å²) in [7, 11) is 0. The predicted octanol–water partition coefficient (Wildman–Crippen LogP) is 3.62. The maximum Gasteiger partial charge on any atom is 0.230 e. The van der Waals surface area contributed by atoms with Crippen molar-refractivity contribution >= 4 is 11.6 Å². The van der Waals surface area contributed by atoms with Gasteiger partial charge in [0.2, 0.25) is 11.7 Å². The molecule has 106 valence electrons. The predicted molar refractivity (Wildman–Crippen MR) is 78.5 cm³/mol. The number of hydrogen-bond donors (Lipinski definition) is 1. The summed E-state index contributed by atoms with van der Waals surface area (Å²) in [6.07, 6.45) is 4.66. The number of nitrogens with zero attached hydrogens (tertiary/aromatic N) is 2. The molecule has 3 rings (SSSR count). The summed E-state index contributed by atoms with van der Waals surface area (Å²) in [5.41, 5.74) is 6.67. The van der Waals surface area contributed by atoms with Gasteiger partial charge in [-0.3, -0.25) is 0 Å². The zero-order valence-corrected chi connectivity index (χ0v) is 12.0. The van der Waals surface area contributed by atoms with Gasteiger partial charge in [0.25, 0.3) is 0 Å². The third kappa shape index (κ3) is 2.58. The van der Waals surface area contributed by atoms with E-state index in [1.807, 2.05) is 24.3 Å². The fraction of sp³-hybridized carbons (Fsp3) is 0.467. The molecule has 2 N–H and O–H groups in total. The summed E-state index contributed by atoms with van der Waals surface area (Å²) < 4.78 is 5.47. The monoisotopic (exact) mass is 291 g/mol. The largest absolute Gasteiger partial charge is 0.339 e. The van der Waals surface area contributed by atoms with Crippen LogP contribution in [0, 0.1) is 5.92 Å². The van der Waals surface area contributed by atoms with Crippen molar-refractivity contribution in [3.8, 4) is 11.4 Å². The highest BCUT2D eigenvalue weighted by atomic mass is 35.5. The lowest BCUT2D eigenvalue weighted by Gasteiger charge is -2.27. The van der Waals surface area contributed by atoms with E-state index < -0.39 is 0 Å². The Hall–Kier alpha value is -1.39. The number of nitrogens with two attached hydrogens (primary N) is 1. The van der Waals surface area contributed by atoms with E-state index in [0.717, 1.165) is 18.4 Å². The standard InChI is InChI=1S/C15H18ClN3O/c16-13-8-4-3-7-12(13)14-18-15(20-19-14)11-6-2-1-5-10(11)9-17/h3-4,7-8,10-11H,1-2,5-6,9,17H2. The highest BCUT2D eigenvalue weighted by Gasteiger charge is 2.30. The van der Waals surface area contributed by atoms with Gasteiger partial charge in [-0.05, 0) is 37.4 Å². The highest BCUT2D eigenvalue weighted by Crippen LogP contribution is 2.37. The van der Waals surface area contributed by atoms with Gasteiger partial charge in [-0.25, -0.2) is 0 Å². The van der Waals surface area contributed by atoms with Crippen molar-refractivity contribution in [2.45, 2.75) is 31.6 Å². The maximum atomic E-state index is 6.17. The van der Waals surface area contributed by atoms with Gasteiger partial charge in [-0.2, -0.15) is 4.98 Å². The van der Waals surface area contributed by atoms with E-state index in [9.17, 15) is 0 Å². The van der Waals surface area contributed by atoms with E-state index in [2.05, 4.69) is 10.1 Å². The SMILES string of the molecule is NCC1CCCCC1c1nc(-c2ccccc2Cl)no1. The van der Waals surface area contributed by atoms with Gasteiger partial charge in [0.05, 0.1) is 5.02 Å². The van der Waals surface area contributed by atoms with Crippen LogP contribution in [0.2, 0.25) is 5.02 Å². The Kier molecular flexibility index (Phi) is 4.03. The summed E-state index contributed by atoms with van der Waals surface area (Å²) in [6.45, 7) is 0.675. The minimum Gasteiger partial charge on any atom is -0.339 e. The Morgan fingerprint density at radius 2 is 2.05 bits per heavy atom. The average molecular weight is 292 g/mol. The number of halogens is 1. The minimum absolute atomic E-state index is 0.289. The lowest BCUT2D eigenvalue weighted by Crippen LogP contribution is -2.25. The molecule has 0 amide bonds. The molecule has 20 heavy (non-hydrogen) atoms. The van der Waals surface area contributed by atoms with Crippen LogP contribution in [0.15, 0.2) is 28.8 Å². The molecule has 0 bridgehead atoms. The van der Waals surface area contributed by atoms with Crippen LogP contribution in [-0.4, -0.2) is 16.7 Å². The van der Waals surface area contributed by atoms with Crippen molar-refractivity contribution in [3.63, 3.8) is 0 Å². The molecule has 1 fully saturated rings. The van der Waals surface area contributed by atoms with E-state index in [0.29, 0.717) is 29.2 Å². The molecule has 1 aromatic carbocycles. The first kappa shape index (κ1) is 13.6. The van der Waals surface area contributed by atoms with Crippen molar-refractivity contribution in [1.82, 2.24) is 10.1 Å². The molecule has 1 aromatic heterocycles. The molecule has 0 aliphatic heterocycles. The smallest absolute Gasteiger partial charge is 0.230 e. The summed E-state index contributed by atoms with van der Waals surface area (Å²) in [4.78, 5) is 4.55. The first-order chi connectivity index (χ1) is 9.79. The van der Waals surface area contributed by atoms with Crippen molar-refractivity contribution in [1.29, 1.82) is 0 Å². The molecule has 0 radical (unpaired) electrons. The van der Waals surface area contributed by atoms with Crippen LogP contribution in [0.25, 0.3) is 11.4 Å². The third-order valence-electron chi connectivity index (χ3n) is 4.09. The second kappa shape index (κ2) is 5.94. The molecule has 2 atom stereocenters. The zero-order chi connectivity index (χ0) is 13.9. The van der Waals surface area contributed by atoms with Crippen molar-refractivity contribution < 1.29 is 4.52 Å². The van der Waals surface area contributed by atoms with E-state index in [1.54, 1.807) is 0 Å². The molecular weight excluding hydrogens is 274 g/mol. The van der Waals surface area contributed by atoms with Crippen molar-refractivity contribution in [3.05, 3.63) is 35.2 Å². The van der Waals surface area contributed by atoms with Gasteiger partial charge in [-0.15, -0.1) is 0 Å². The van der Waals surface area contributed by atoms with Gasteiger partial charge in [0, 0.05) is 11.5 Å². The van der Waals surface area contributed by atoms with Crippen LogP contribution in [0.5, 0.6) is 0 Å². The Balaban J connectivity index is 1.88. The van der Waals surface area contributed by atoms with Crippen LogP contribution in [-0.2, 0) is 0 Å². The third-order valence-corrected chi connectivity index (χ3v) is 4.42. The van der Waals surface area contributed by atoms with Gasteiger partial charge in [-0.1, -0.05) is 41.7 Å². The second-order valence-electron chi connectivity index (χ2n) is 5.32. The fourth-order valence-electron chi connectivity index (χ4n) is 2.95. The van der Waals surface area contributed by atoms with Crippen LogP contribution >= 0.6 is 11.6 Å². The van der Waals surface area contributed by atoms with E-state index >= 15 is 0 Å². The molecule has 1 saturated carbocycles. The minimum atomic E-state index is 0.289. The first-order valence-corrected chi connectivity index (χ1v) is 7.46. The Labute approximate surface area is 123 Å². The molecular formula is C15H18ClN3O. The topological polar surface area (TPSA) is 64.9 Å². The van der Waals surface area contributed by atoms with Crippen LogP contribution in [0.1, 0.15) is 37.5 Å². The first-order valence-electron chi connectivity index (χ1n) is 7.08. The second-order valence-corrected chi connectivity index (χ2v) is 5.73. The fourth-order valence-corrected chi connectivity index (χ4v) is 3.17.